The maximum absolute atomic E-state index is 11.1. The first kappa shape index (κ1) is 20.0. The van der Waals surface area contributed by atoms with Crippen molar-refractivity contribution in [1.29, 1.82) is 0 Å². The molecule has 1 unspecified atom stereocenters. The Hall–Kier alpha value is -1.26. The summed E-state index contributed by atoms with van der Waals surface area (Å²) in [7, 11) is 3.95. The number of methoxy groups -OCH3 is 1. The van der Waals surface area contributed by atoms with Gasteiger partial charge >= 0.3 is 0 Å². The quantitative estimate of drug-likeness (QED) is 0.687. The topological polar surface area (TPSA) is 52.9 Å². The van der Waals surface area contributed by atoms with Crippen molar-refractivity contribution < 1.29 is 14.9 Å². The Morgan fingerprint density at radius 3 is 2.79 bits per heavy atom. The van der Waals surface area contributed by atoms with Crippen molar-refractivity contribution >= 4 is 0 Å². The van der Waals surface area contributed by atoms with E-state index in [0.717, 1.165) is 38.1 Å². The molecular formula is C24H37NO3. The summed E-state index contributed by atoms with van der Waals surface area (Å²) in [5, 5.41) is 20.1. The fourth-order valence-corrected chi connectivity index (χ4v) is 6.74. The molecule has 2 fully saturated rings. The summed E-state index contributed by atoms with van der Waals surface area (Å²) in [5.74, 6) is 2.46. The lowest BCUT2D eigenvalue weighted by Crippen LogP contribution is -2.60. The van der Waals surface area contributed by atoms with Crippen LogP contribution in [0.5, 0.6) is 11.5 Å². The second kappa shape index (κ2) is 8.23. The van der Waals surface area contributed by atoms with Gasteiger partial charge in [0, 0.05) is 23.6 Å². The van der Waals surface area contributed by atoms with Gasteiger partial charge in [0.2, 0.25) is 0 Å². The molecule has 0 aromatic heterocycles. The number of fused-ring (bicyclic) bond motifs is 1. The van der Waals surface area contributed by atoms with Gasteiger partial charge in [-0.1, -0.05) is 38.2 Å². The van der Waals surface area contributed by atoms with Crippen LogP contribution in [0.1, 0.15) is 68.9 Å². The largest absolute Gasteiger partial charge is 0.504 e. The van der Waals surface area contributed by atoms with E-state index >= 15 is 0 Å². The van der Waals surface area contributed by atoms with Crippen molar-refractivity contribution in [3.05, 3.63) is 23.3 Å². The van der Waals surface area contributed by atoms with E-state index in [4.69, 9.17) is 9.84 Å². The fraction of sp³-hybridized carbons (Fsp3) is 0.750. The highest BCUT2D eigenvalue weighted by atomic mass is 16.5. The predicted octanol–water partition coefficient (Wildman–Crippen LogP) is 4.26. The number of rotatable bonds is 7. The molecular weight excluding hydrogens is 350 g/mol. The molecule has 4 nitrogen and oxygen atoms in total. The first-order chi connectivity index (χ1) is 13.6. The molecule has 4 atom stereocenters. The number of nitrogens with zero attached hydrogens (tertiary/aromatic N) is 1. The zero-order chi connectivity index (χ0) is 19.7. The van der Waals surface area contributed by atoms with Crippen LogP contribution in [0.2, 0.25) is 0 Å². The Morgan fingerprint density at radius 1 is 1.18 bits per heavy atom. The van der Waals surface area contributed by atoms with Crippen molar-refractivity contribution in [3.63, 3.8) is 0 Å². The van der Waals surface area contributed by atoms with Gasteiger partial charge in [-0.15, -0.1) is 0 Å². The summed E-state index contributed by atoms with van der Waals surface area (Å²) in [5.41, 5.74) is 2.69. The highest BCUT2D eigenvalue weighted by Crippen LogP contribution is 2.60. The van der Waals surface area contributed by atoms with Crippen LogP contribution >= 0.6 is 0 Å². The standard InChI is InChI=1S/C24H37NO3/c1-25-13-12-24-16-17(7-5-3-4-6-14-26)8-10-19(24)20(25)15-18-9-11-21(28-2)23(27)22(18)24/h9,11,17,19-20,26-27H,3-8,10,12-16H2,1-2H3/t17?,19-,20+,24-/m0/s1. The van der Waals surface area contributed by atoms with Crippen LogP contribution in [0.25, 0.3) is 0 Å². The number of piperidine rings is 1. The van der Waals surface area contributed by atoms with Gasteiger partial charge in [0.1, 0.15) is 0 Å². The Morgan fingerprint density at radius 2 is 2.00 bits per heavy atom. The van der Waals surface area contributed by atoms with Gasteiger partial charge in [-0.05, 0) is 69.2 Å². The molecule has 2 bridgehead atoms. The Balaban J connectivity index is 1.61. The van der Waals surface area contributed by atoms with Gasteiger partial charge in [-0.25, -0.2) is 0 Å². The second-order valence-corrected chi connectivity index (χ2v) is 9.49. The zero-order valence-electron chi connectivity index (χ0n) is 17.6. The van der Waals surface area contributed by atoms with Gasteiger partial charge in [0.25, 0.3) is 0 Å². The summed E-state index contributed by atoms with van der Waals surface area (Å²) < 4.78 is 5.49. The molecule has 4 heteroatoms. The predicted molar refractivity (Wildman–Crippen MR) is 112 cm³/mol. The van der Waals surface area contributed by atoms with E-state index in [1.54, 1.807) is 7.11 Å². The molecule has 3 aliphatic rings. The number of ether oxygens (including phenoxy) is 1. The average molecular weight is 388 g/mol. The first-order valence-corrected chi connectivity index (χ1v) is 11.3. The lowest BCUT2D eigenvalue weighted by atomic mass is 9.50. The average Bonchev–Trinajstić information content (AvgIpc) is 2.70. The van der Waals surface area contributed by atoms with Crippen LogP contribution in [-0.4, -0.2) is 48.5 Å². The Bertz CT molecular complexity index is 691. The highest BCUT2D eigenvalue weighted by molar-refractivity contribution is 5.56. The van der Waals surface area contributed by atoms with Crippen molar-refractivity contribution in [3.8, 4) is 11.5 Å². The van der Waals surface area contributed by atoms with Gasteiger partial charge in [0.05, 0.1) is 7.11 Å². The van der Waals surface area contributed by atoms with E-state index in [1.807, 2.05) is 6.07 Å². The van der Waals surface area contributed by atoms with E-state index in [2.05, 4.69) is 18.0 Å². The third-order valence-corrected chi connectivity index (χ3v) is 8.08. The third kappa shape index (κ3) is 3.33. The van der Waals surface area contributed by atoms with Crippen molar-refractivity contribution in [2.24, 2.45) is 11.8 Å². The molecule has 2 N–H and O–H groups in total. The normalized spacial score (nSPS) is 31.9. The van der Waals surface area contributed by atoms with Gasteiger partial charge in [-0.2, -0.15) is 0 Å². The number of unbranched alkanes of at least 4 members (excludes halogenated alkanes) is 3. The van der Waals surface area contributed by atoms with Crippen molar-refractivity contribution in [2.75, 3.05) is 27.3 Å². The summed E-state index contributed by atoms with van der Waals surface area (Å²) in [4.78, 5) is 2.57. The maximum Gasteiger partial charge on any atom is 0.161 e. The minimum atomic E-state index is 0.122. The zero-order valence-corrected chi connectivity index (χ0v) is 17.6. The monoisotopic (exact) mass is 387 g/mol. The summed E-state index contributed by atoms with van der Waals surface area (Å²) in [6, 6.07) is 4.76. The molecule has 4 rings (SSSR count). The number of phenolic OH excluding ortho intramolecular Hbond substituents is 1. The molecule has 0 radical (unpaired) electrons. The van der Waals surface area contributed by atoms with Crippen LogP contribution < -0.4 is 4.74 Å². The minimum Gasteiger partial charge on any atom is -0.504 e. The molecule has 156 valence electrons. The van der Waals surface area contributed by atoms with E-state index in [0.29, 0.717) is 30.1 Å². The lowest BCUT2D eigenvalue weighted by Gasteiger charge is -2.59. The summed E-state index contributed by atoms with van der Waals surface area (Å²) in [6.45, 7) is 1.45. The summed E-state index contributed by atoms with van der Waals surface area (Å²) >= 11 is 0. The van der Waals surface area contributed by atoms with Crippen LogP contribution in [0.3, 0.4) is 0 Å². The number of hydrogen-bond donors (Lipinski definition) is 2. The number of likely N-dealkylation sites (N-methyl/N-ethyl adjacent to an activating group) is 1. The molecule has 1 heterocycles. The molecule has 1 saturated carbocycles. The summed E-state index contributed by atoms with van der Waals surface area (Å²) in [6.07, 6.45) is 11.9. The molecule has 1 aromatic carbocycles. The number of aliphatic hydroxyl groups excluding tert-OH is 1. The number of phenols is 1. The molecule has 2 aliphatic carbocycles. The maximum atomic E-state index is 11.1. The SMILES string of the molecule is COc1ccc2c(c1O)[C@]13CCN(C)[C@H](C2)[C@@H]1CCC(CCCCCCO)C3. The number of benzene rings is 1. The van der Waals surface area contributed by atoms with E-state index in [9.17, 15) is 5.11 Å². The number of aliphatic hydroxyl groups is 1. The van der Waals surface area contributed by atoms with E-state index in [-0.39, 0.29) is 5.41 Å². The molecule has 1 saturated heterocycles. The molecule has 0 spiro atoms. The molecule has 0 amide bonds. The number of likely N-dealkylation sites (tertiary alicyclic amines) is 1. The molecule has 28 heavy (non-hydrogen) atoms. The van der Waals surface area contributed by atoms with Crippen LogP contribution in [0.4, 0.5) is 0 Å². The minimum absolute atomic E-state index is 0.122. The van der Waals surface area contributed by atoms with Crippen molar-refractivity contribution in [2.45, 2.75) is 75.7 Å². The number of aromatic hydroxyl groups is 1. The lowest BCUT2D eigenvalue weighted by molar-refractivity contribution is -0.0164. The van der Waals surface area contributed by atoms with E-state index < -0.39 is 0 Å². The Labute approximate surface area is 169 Å². The van der Waals surface area contributed by atoms with Crippen LogP contribution in [0.15, 0.2) is 12.1 Å². The first-order valence-electron chi connectivity index (χ1n) is 11.3. The van der Waals surface area contributed by atoms with E-state index in [1.165, 1.54) is 49.7 Å². The van der Waals surface area contributed by atoms with Crippen LogP contribution in [-0.2, 0) is 11.8 Å². The van der Waals surface area contributed by atoms with Crippen molar-refractivity contribution in [1.82, 2.24) is 4.90 Å². The van der Waals surface area contributed by atoms with Gasteiger partial charge in [0.15, 0.2) is 11.5 Å². The third-order valence-electron chi connectivity index (χ3n) is 8.08. The second-order valence-electron chi connectivity index (χ2n) is 9.49. The molecule has 1 aliphatic heterocycles. The highest BCUT2D eigenvalue weighted by Gasteiger charge is 2.56. The van der Waals surface area contributed by atoms with Gasteiger partial charge in [-0.3, -0.25) is 0 Å². The smallest absolute Gasteiger partial charge is 0.161 e. The number of hydrogen-bond acceptors (Lipinski definition) is 4. The van der Waals surface area contributed by atoms with Gasteiger partial charge < -0.3 is 19.8 Å². The Kier molecular flexibility index (Phi) is 5.89. The van der Waals surface area contributed by atoms with Crippen LogP contribution in [0, 0.1) is 11.8 Å². The molecule has 1 aromatic rings. The fourth-order valence-electron chi connectivity index (χ4n) is 6.74.